The third kappa shape index (κ3) is 2.36. The van der Waals surface area contributed by atoms with E-state index in [1.165, 1.54) is 0 Å². The van der Waals surface area contributed by atoms with Crippen LogP contribution in [0.5, 0.6) is 0 Å². The summed E-state index contributed by atoms with van der Waals surface area (Å²) in [4.78, 5) is 4.41. The molecule has 3 aromatic rings. The fourth-order valence-corrected chi connectivity index (χ4v) is 2.10. The van der Waals surface area contributed by atoms with Gasteiger partial charge in [0.2, 0.25) is 0 Å². The van der Waals surface area contributed by atoms with Crippen LogP contribution >= 0.6 is 0 Å². The number of nitrogens with zero attached hydrogens (tertiary/aromatic N) is 1. The van der Waals surface area contributed by atoms with Crippen LogP contribution in [0.3, 0.4) is 0 Å². The van der Waals surface area contributed by atoms with Crippen LogP contribution in [0.25, 0.3) is 22.0 Å². The van der Waals surface area contributed by atoms with Crippen LogP contribution in [-0.4, -0.2) is 22.2 Å². The molecule has 1 heterocycles. The molecule has 4 heteroatoms. The predicted molar refractivity (Wildman–Crippen MR) is 77.0 cm³/mol. The Hall–Kier alpha value is -2.17. The van der Waals surface area contributed by atoms with E-state index in [9.17, 15) is 10.0 Å². The second-order valence-electron chi connectivity index (χ2n) is 4.42. The van der Waals surface area contributed by atoms with Gasteiger partial charge in [-0.05, 0) is 22.5 Å². The Morgan fingerprint density at radius 3 is 2.42 bits per heavy atom. The zero-order valence-electron chi connectivity index (χ0n) is 10.2. The molecule has 0 aliphatic rings. The van der Waals surface area contributed by atoms with Crippen LogP contribution in [0, 0.1) is 0 Å². The van der Waals surface area contributed by atoms with Gasteiger partial charge in [0.25, 0.3) is 0 Å². The van der Waals surface area contributed by atoms with Crippen molar-refractivity contribution in [2.75, 3.05) is 0 Å². The number of pyridine rings is 1. The highest BCUT2D eigenvalue weighted by molar-refractivity contribution is 6.58. The summed E-state index contributed by atoms with van der Waals surface area (Å²) >= 11 is 0. The largest absolute Gasteiger partial charge is 0.488 e. The van der Waals surface area contributed by atoms with Crippen molar-refractivity contribution in [3.05, 3.63) is 60.8 Å². The maximum Gasteiger partial charge on any atom is 0.488 e. The summed E-state index contributed by atoms with van der Waals surface area (Å²) in [5.41, 5.74) is 2.16. The van der Waals surface area contributed by atoms with Crippen molar-refractivity contribution in [1.82, 2.24) is 4.98 Å². The number of hydrogen-bond acceptors (Lipinski definition) is 3. The Morgan fingerprint density at radius 1 is 0.842 bits per heavy atom. The lowest BCUT2D eigenvalue weighted by Gasteiger charge is -2.05. The average Bonchev–Trinajstić information content (AvgIpc) is 2.47. The van der Waals surface area contributed by atoms with Gasteiger partial charge in [-0.3, -0.25) is 4.98 Å². The molecule has 0 aliphatic heterocycles. The SMILES string of the molecule is OB(O)c1cccc(-c2cc3ccccc3cn2)c1. The summed E-state index contributed by atoms with van der Waals surface area (Å²) in [7, 11) is -1.46. The molecule has 0 bridgehead atoms. The normalized spacial score (nSPS) is 10.6. The molecule has 3 nitrogen and oxygen atoms in total. The molecule has 0 fully saturated rings. The van der Waals surface area contributed by atoms with E-state index in [2.05, 4.69) is 4.98 Å². The van der Waals surface area contributed by atoms with Gasteiger partial charge in [-0.1, -0.05) is 48.5 Å². The first-order valence-electron chi connectivity index (χ1n) is 6.05. The number of fused-ring (bicyclic) bond motifs is 1. The smallest absolute Gasteiger partial charge is 0.423 e. The van der Waals surface area contributed by atoms with Crippen LogP contribution in [0.1, 0.15) is 0 Å². The molecule has 3 rings (SSSR count). The molecule has 0 atom stereocenters. The Balaban J connectivity index is 2.11. The molecular weight excluding hydrogens is 237 g/mol. The van der Waals surface area contributed by atoms with Gasteiger partial charge in [-0.15, -0.1) is 0 Å². The Morgan fingerprint density at radius 2 is 1.63 bits per heavy atom. The van der Waals surface area contributed by atoms with Crippen molar-refractivity contribution in [2.24, 2.45) is 0 Å². The van der Waals surface area contributed by atoms with Crippen molar-refractivity contribution in [3.63, 3.8) is 0 Å². The predicted octanol–water partition coefficient (Wildman–Crippen LogP) is 1.58. The summed E-state index contributed by atoms with van der Waals surface area (Å²) in [5.74, 6) is 0. The molecule has 0 spiro atoms. The fraction of sp³-hybridized carbons (Fsp3) is 0. The van der Waals surface area contributed by atoms with Gasteiger partial charge in [-0.2, -0.15) is 0 Å². The lowest BCUT2D eigenvalue weighted by Crippen LogP contribution is -2.29. The van der Waals surface area contributed by atoms with Crippen LogP contribution < -0.4 is 5.46 Å². The number of rotatable bonds is 2. The molecule has 2 aromatic carbocycles. The van der Waals surface area contributed by atoms with Gasteiger partial charge in [-0.25, -0.2) is 0 Å². The quantitative estimate of drug-likeness (QED) is 0.678. The highest BCUT2D eigenvalue weighted by Crippen LogP contribution is 2.21. The zero-order valence-corrected chi connectivity index (χ0v) is 10.2. The minimum Gasteiger partial charge on any atom is -0.423 e. The molecule has 1 aromatic heterocycles. The highest BCUT2D eigenvalue weighted by atomic mass is 16.4. The van der Waals surface area contributed by atoms with E-state index in [0.717, 1.165) is 22.0 Å². The third-order valence-corrected chi connectivity index (χ3v) is 3.11. The van der Waals surface area contributed by atoms with E-state index in [-0.39, 0.29) is 0 Å². The van der Waals surface area contributed by atoms with Gasteiger partial charge in [0.05, 0.1) is 5.69 Å². The molecule has 0 unspecified atom stereocenters. The van der Waals surface area contributed by atoms with Gasteiger partial charge in [0, 0.05) is 11.6 Å². The van der Waals surface area contributed by atoms with Crippen molar-refractivity contribution in [3.8, 4) is 11.3 Å². The minimum atomic E-state index is -1.46. The van der Waals surface area contributed by atoms with Crippen LogP contribution in [0.15, 0.2) is 60.8 Å². The summed E-state index contributed by atoms with van der Waals surface area (Å²) in [6.07, 6.45) is 1.83. The van der Waals surface area contributed by atoms with E-state index < -0.39 is 7.12 Å². The average molecular weight is 249 g/mol. The van der Waals surface area contributed by atoms with Crippen molar-refractivity contribution >= 4 is 23.4 Å². The number of benzene rings is 2. The zero-order chi connectivity index (χ0) is 13.2. The van der Waals surface area contributed by atoms with Crippen molar-refractivity contribution in [2.45, 2.75) is 0 Å². The van der Waals surface area contributed by atoms with Gasteiger partial charge < -0.3 is 10.0 Å². The molecule has 0 amide bonds. The van der Waals surface area contributed by atoms with Gasteiger partial charge in [0.15, 0.2) is 0 Å². The molecule has 0 aliphatic carbocycles. The van der Waals surface area contributed by atoms with Crippen LogP contribution in [0.4, 0.5) is 0 Å². The summed E-state index contributed by atoms with van der Waals surface area (Å²) < 4.78 is 0. The molecule has 92 valence electrons. The standard InChI is InChI=1S/C15H12BNO2/c18-16(19)14-7-3-6-12(8-14)15-9-11-4-1-2-5-13(11)10-17-15/h1-10,18-19H. The molecule has 0 saturated heterocycles. The number of hydrogen-bond donors (Lipinski definition) is 2. The van der Waals surface area contributed by atoms with E-state index in [1.54, 1.807) is 18.2 Å². The monoisotopic (exact) mass is 249 g/mol. The second-order valence-corrected chi connectivity index (χ2v) is 4.42. The first-order valence-corrected chi connectivity index (χ1v) is 6.05. The first kappa shape index (κ1) is 11.9. The molecule has 0 radical (unpaired) electrons. The summed E-state index contributed by atoms with van der Waals surface area (Å²) in [5, 5.41) is 20.6. The lowest BCUT2D eigenvalue weighted by atomic mass is 9.79. The van der Waals surface area contributed by atoms with E-state index in [4.69, 9.17) is 0 Å². The molecule has 2 N–H and O–H groups in total. The first-order chi connectivity index (χ1) is 9.24. The highest BCUT2D eigenvalue weighted by Gasteiger charge is 2.11. The maximum atomic E-state index is 9.20. The third-order valence-electron chi connectivity index (χ3n) is 3.11. The molecular formula is C15H12BNO2. The van der Waals surface area contributed by atoms with E-state index in [1.807, 2.05) is 42.6 Å². The van der Waals surface area contributed by atoms with E-state index >= 15 is 0 Å². The fourth-order valence-electron chi connectivity index (χ4n) is 2.10. The van der Waals surface area contributed by atoms with Gasteiger partial charge in [0.1, 0.15) is 0 Å². The van der Waals surface area contributed by atoms with Gasteiger partial charge >= 0.3 is 7.12 Å². The van der Waals surface area contributed by atoms with Crippen LogP contribution in [-0.2, 0) is 0 Å². The lowest BCUT2D eigenvalue weighted by molar-refractivity contribution is 0.426. The minimum absolute atomic E-state index is 0.465. The molecule has 19 heavy (non-hydrogen) atoms. The Bertz CT molecular complexity index is 728. The number of aromatic nitrogens is 1. The second kappa shape index (κ2) is 4.84. The Kier molecular flexibility index (Phi) is 3.03. The summed E-state index contributed by atoms with van der Waals surface area (Å²) in [6.45, 7) is 0. The summed E-state index contributed by atoms with van der Waals surface area (Å²) in [6, 6.07) is 17.1. The Labute approximate surface area is 111 Å². The van der Waals surface area contributed by atoms with Crippen molar-refractivity contribution < 1.29 is 10.0 Å². The topological polar surface area (TPSA) is 53.4 Å². The maximum absolute atomic E-state index is 9.20. The van der Waals surface area contributed by atoms with Crippen molar-refractivity contribution in [1.29, 1.82) is 0 Å². The molecule has 0 saturated carbocycles. The van der Waals surface area contributed by atoms with Crippen LogP contribution in [0.2, 0.25) is 0 Å². The van der Waals surface area contributed by atoms with E-state index in [0.29, 0.717) is 5.46 Å².